The standard InChI is InChI=1S/C16H20FN3O/c1-12-13(8-19-10-14(17)7-16(19)11-21)9-20(18-12)15-5-3-2-4-6-15/h2-6,9,14,16,21H,7-8,10-11H2,1H3/t14-,16-/m0/s1. The fourth-order valence-corrected chi connectivity index (χ4v) is 2.89. The molecular weight excluding hydrogens is 269 g/mol. The van der Waals surface area contributed by atoms with E-state index in [1.807, 2.05) is 53.0 Å². The van der Waals surface area contributed by atoms with Gasteiger partial charge in [-0.2, -0.15) is 5.10 Å². The number of alkyl halides is 1. The van der Waals surface area contributed by atoms with Crippen LogP contribution in [-0.4, -0.2) is 45.2 Å². The minimum absolute atomic E-state index is 0.00624. The van der Waals surface area contributed by atoms with Crippen molar-refractivity contribution in [3.8, 4) is 5.69 Å². The Kier molecular flexibility index (Phi) is 4.03. The van der Waals surface area contributed by atoms with E-state index in [2.05, 4.69) is 5.10 Å². The fraction of sp³-hybridized carbons (Fsp3) is 0.438. The number of para-hydroxylation sites is 1. The molecule has 5 heteroatoms. The number of aliphatic hydroxyl groups excluding tert-OH is 1. The number of likely N-dealkylation sites (tertiary alicyclic amines) is 1. The Labute approximate surface area is 123 Å². The average molecular weight is 289 g/mol. The van der Waals surface area contributed by atoms with Gasteiger partial charge in [-0.1, -0.05) is 18.2 Å². The summed E-state index contributed by atoms with van der Waals surface area (Å²) in [5, 5.41) is 13.9. The number of aromatic nitrogens is 2. The van der Waals surface area contributed by atoms with Crippen molar-refractivity contribution in [2.45, 2.75) is 32.1 Å². The maximum atomic E-state index is 13.5. The number of benzene rings is 1. The van der Waals surface area contributed by atoms with Crippen LogP contribution < -0.4 is 0 Å². The Morgan fingerprint density at radius 3 is 2.81 bits per heavy atom. The summed E-state index contributed by atoms with van der Waals surface area (Å²) in [6.07, 6.45) is 1.57. The summed E-state index contributed by atoms with van der Waals surface area (Å²) in [5.41, 5.74) is 3.03. The molecule has 1 aromatic carbocycles. The summed E-state index contributed by atoms with van der Waals surface area (Å²) >= 11 is 0. The third-order valence-electron chi connectivity index (χ3n) is 4.08. The van der Waals surface area contributed by atoms with Crippen molar-refractivity contribution in [1.29, 1.82) is 0 Å². The summed E-state index contributed by atoms with van der Waals surface area (Å²) in [5.74, 6) is 0. The zero-order chi connectivity index (χ0) is 14.8. The maximum Gasteiger partial charge on any atom is 0.114 e. The first kappa shape index (κ1) is 14.2. The monoisotopic (exact) mass is 289 g/mol. The minimum atomic E-state index is -0.841. The van der Waals surface area contributed by atoms with Gasteiger partial charge in [0.05, 0.1) is 18.0 Å². The van der Waals surface area contributed by atoms with E-state index < -0.39 is 6.17 Å². The lowest BCUT2D eigenvalue weighted by molar-refractivity contribution is 0.153. The maximum absolute atomic E-state index is 13.5. The first-order valence-corrected chi connectivity index (χ1v) is 7.27. The lowest BCUT2D eigenvalue weighted by Crippen LogP contribution is -2.31. The van der Waals surface area contributed by atoms with Crippen LogP contribution in [0.25, 0.3) is 5.69 Å². The quantitative estimate of drug-likeness (QED) is 0.937. The normalized spacial score (nSPS) is 22.8. The molecule has 1 aromatic heterocycles. The van der Waals surface area contributed by atoms with Crippen molar-refractivity contribution >= 4 is 0 Å². The highest BCUT2D eigenvalue weighted by atomic mass is 19.1. The predicted octanol–water partition coefficient (Wildman–Crippen LogP) is 2.09. The largest absolute Gasteiger partial charge is 0.395 e. The molecular formula is C16H20FN3O. The first-order chi connectivity index (χ1) is 10.2. The van der Waals surface area contributed by atoms with Gasteiger partial charge in [-0.05, 0) is 25.5 Å². The van der Waals surface area contributed by atoms with Gasteiger partial charge >= 0.3 is 0 Å². The van der Waals surface area contributed by atoms with Crippen molar-refractivity contribution in [1.82, 2.24) is 14.7 Å². The second-order valence-corrected chi connectivity index (χ2v) is 5.62. The molecule has 1 fully saturated rings. The lowest BCUT2D eigenvalue weighted by Gasteiger charge is -2.21. The van der Waals surface area contributed by atoms with Gasteiger partial charge in [0.15, 0.2) is 0 Å². The van der Waals surface area contributed by atoms with E-state index >= 15 is 0 Å². The zero-order valence-corrected chi connectivity index (χ0v) is 12.1. The summed E-state index contributed by atoms with van der Waals surface area (Å²) in [7, 11) is 0. The molecule has 1 aliphatic heterocycles. The molecule has 2 aromatic rings. The minimum Gasteiger partial charge on any atom is -0.395 e. The number of hydrogen-bond donors (Lipinski definition) is 1. The predicted molar refractivity (Wildman–Crippen MR) is 79.1 cm³/mol. The van der Waals surface area contributed by atoms with Gasteiger partial charge in [0, 0.05) is 30.9 Å². The van der Waals surface area contributed by atoms with E-state index in [0.717, 1.165) is 16.9 Å². The van der Waals surface area contributed by atoms with Gasteiger partial charge in [-0.15, -0.1) is 0 Å². The first-order valence-electron chi connectivity index (χ1n) is 7.27. The Morgan fingerprint density at radius 2 is 2.10 bits per heavy atom. The van der Waals surface area contributed by atoms with E-state index in [1.165, 1.54) is 0 Å². The van der Waals surface area contributed by atoms with Crippen molar-refractivity contribution in [3.05, 3.63) is 47.8 Å². The van der Waals surface area contributed by atoms with Crippen molar-refractivity contribution in [2.24, 2.45) is 0 Å². The second-order valence-electron chi connectivity index (χ2n) is 5.62. The van der Waals surface area contributed by atoms with Gasteiger partial charge in [0.1, 0.15) is 6.17 Å². The van der Waals surface area contributed by atoms with Crippen LogP contribution in [0.1, 0.15) is 17.7 Å². The van der Waals surface area contributed by atoms with Crippen LogP contribution in [0.15, 0.2) is 36.5 Å². The molecule has 1 saturated heterocycles. The molecule has 0 saturated carbocycles. The van der Waals surface area contributed by atoms with E-state index in [4.69, 9.17) is 0 Å². The van der Waals surface area contributed by atoms with E-state index in [9.17, 15) is 9.50 Å². The number of halogens is 1. The SMILES string of the molecule is Cc1nn(-c2ccccc2)cc1CN1C[C@@H](F)C[C@H]1CO. The Bertz CT molecular complexity index is 599. The molecule has 2 heterocycles. The van der Waals surface area contributed by atoms with Gasteiger partial charge in [0.2, 0.25) is 0 Å². The van der Waals surface area contributed by atoms with Gasteiger partial charge in [0.25, 0.3) is 0 Å². The summed E-state index contributed by atoms with van der Waals surface area (Å²) in [6, 6.07) is 9.84. The van der Waals surface area contributed by atoms with Gasteiger partial charge in [-0.25, -0.2) is 9.07 Å². The van der Waals surface area contributed by atoms with Crippen LogP contribution >= 0.6 is 0 Å². The molecule has 0 spiro atoms. The van der Waals surface area contributed by atoms with Crippen LogP contribution in [-0.2, 0) is 6.54 Å². The van der Waals surface area contributed by atoms with E-state index in [0.29, 0.717) is 19.5 Å². The molecule has 2 atom stereocenters. The average Bonchev–Trinajstić information content (AvgIpc) is 3.03. The van der Waals surface area contributed by atoms with Crippen LogP contribution in [0.3, 0.4) is 0 Å². The Hall–Kier alpha value is -1.72. The van der Waals surface area contributed by atoms with E-state index in [1.54, 1.807) is 0 Å². The molecule has 3 rings (SSSR count). The van der Waals surface area contributed by atoms with Crippen LogP contribution in [0, 0.1) is 6.92 Å². The van der Waals surface area contributed by atoms with Crippen molar-refractivity contribution in [3.63, 3.8) is 0 Å². The molecule has 1 aliphatic rings. The Morgan fingerprint density at radius 1 is 1.33 bits per heavy atom. The number of nitrogens with zero attached hydrogens (tertiary/aromatic N) is 3. The highest BCUT2D eigenvalue weighted by Gasteiger charge is 2.31. The molecule has 112 valence electrons. The molecule has 0 unspecified atom stereocenters. The summed E-state index contributed by atoms with van der Waals surface area (Å²) < 4.78 is 15.4. The highest BCUT2D eigenvalue weighted by molar-refractivity contribution is 5.32. The van der Waals surface area contributed by atoms with Crippen molar-refractivity contribution in [2.75, 3.05) is 13.2 Å². The van der Waals surface area contributed by atoms with E-state index in [-0.39, 0.29) is 12.6 Å². The third-order valence-corrected chi connectivity index (χ3v) is 4.08. The molecule has 0 amide bonds. The van der Waals surface area contributed by atoms with Crippen LogP contribution in [0.2, 0.25) is 0 Å². The molecule has 0 radical (unpaired) electrons. The zero-order valence-electron chi connectivity index (χ0n) is 12.1. The molecule has 0 bridgehead atoms. The summed E-state index contributed by atoms with van der Waals surface area (Å²) in [6.45, 7) is 2.99. The van der Waals surface area contributed by atoms with Crippen molar-refractivity contribution < 1.29 is 9.50 Å². The topological polar surface area (TPSA) is 41.3 Å². The lowest BCUT2D eigenvalue weighted by atomic mass is 10.2. The van der Waals surface area contributed by atoms with Crippen LogP contribution in [0.5, 0.6) is 0 Å². The molecule has 4 nitrogen and oxygen atoms in total. The number of rotatable bonds is 4. The number of aliphatic hydroxyl groups is 1. The number of hydrogen-bond acceptors (Lipinski definition) is 3. The molecule has 1 N–H and O–H groups in total. The highest BCUT2D eigenvalue weighted by Crippen LogP contribution is 2.23. The Balaban J connectivity index is 1.79. The van der Waals surface area contributed by atoms with Gasteiger partial charge < -0.3 is 5.11 Å². The third kappa shape index (κ3) is 2.99. The summed E-state index contributed by atoms with van der Waals surface area (Å²) in [4.78, 5) is 2.00. The molecule has 21 heavy (non-hydrogen) atoms. The smallest absolute Gasteiger partial charge is 0.114 e. The fourth-order valence-electron chi connectivity index (χ4n) is 2.89. The second kappa shape index (κ2) is 5.95. The number of aryl methyl sites for hydroxylation is 1. The van der Waals surface area contributed by atoms with Crippen LogP contribution in [0.4, 0.5) is 4.39 Å². The van der Waals surface area contributed by atoms with Gasteiger partial charge in [-0.3, -0.25) is 4.90 Å². The molecule has 0 aliphatic carbocycles.